The maximum absolute atomic E-state index is 13.9. The zero-order valence-corrected chi connectivity index (χ0v) is 11.1. The highest BCUT2D eigenvalue weighted by Gasteiger charge is 2.38. The van der Waals surface area contributed by atoms with Gasteiger partial charge < -0.3 is 4.90 Å². The van der Waals surface area contributed by atoms with Gasteiger partial charge in [0.2, 0.25) is 0 Å². The summed E-state index contributed by atoms with van der Waals surface area (Å²) in [5.41, 5.74) is -0.463. The van der Waals surface area contributed by atoms with Crippen LogP contribution in [-0.4, -0.2) is 24.5 Å². The van der Waals surface area contributed by atoms with Crippen molar-refractivity contribution in [3.8, 4) is 6.07 Å². The van der Waals surface area contributed by atoms with Crippen LogP contribution in [0.1, 0.15) is 31.7 Å². The van der Waals surface area contributed by atoms with Crippen LogP contribution in [0.15, 0.2) is 18.2 Å². The molecule has 0 spiro atoms. The van der Waals surface area contributed by atoms with E-state index in [9.17, 15) is 14.0 Å². The number of piperidine rings is 1. The molecule has 1 saturated heterocycles. The minimum absolute atomic E-state index is 0.340. The highest BCUT2D eigenvalue weighted by Crippen LogP contribution is 2.36. The molecule has 0 aromatic heterocycles. The molecule has 1 aliphatic heterocycles. The van der Waals surface area contributed by atoms with E-state index in [1.54, 1.807) is 0 Å². The molecule has 0 saturated carbocycles. The molecule has 4 heteroatoms. The Balaban J connectivity index is 2.23. The zero-order chi connectivity index (χ0) is 13.9. The van der Waals surface area contributed by atoms with E-state index in [0.717, 1.165) is 32.1 Å². The van der Waals surface area contributed by atoms with Gasteiger partial charge in [0.05, 0.1) is 11.5 Å². The van der Waals surface area contributed by atoms with Gasteiger partial charge in [0.15, 0.2) is 0 Å². The van der Waals surface area contributed by atoms with Crippen molar-refractivity contribution in [1.82, 2.24) is 4.90 Å². The lowest BCUT2D eigenvalue weighted by Crippen LogP contribution is -2.42. The van der Waals surface area contributed by atoms with E-state index in [1.807, 2.05) is 0 Å². The molecule has 0 N–H and O–H groups in total. The van der Waals surface area contributed by atoms with Crippen molar-refractivity contribution in [2.45, 2.75) is 31.6 Å². The number of rotatable bonds is 3. The predicted octanol–water partition coefficient (Wildman–Crippen LogP) is 3.23. The molecule has 0 unspecified atom stereocenters. The Kier molecular flexibility index (Phi) is 4.16. The normalized spacial score (nSPS) is 19.1. The number of likely N-dealkylation sites (tertiary alicyclic amines) is 1. The first-order valence-corrected chi connectivity index (χ1v) is 6.70. The summed E-state index contributed by atoms with van der Waals surface area (Å²) in [7, 11) is 0. The van der Waals surface area contributed by atoms with Crippen molar-refractivity contribution in [3.05, 3.63) is 35.4 Å². The molecule has 1 aliphatic rings. The van der Waals surface area contributed by atoms with Crippen molar-refractivity contribution in [2.75, 3.05) is 19.6 Å². The maximum Gasteiger partial charge on any atom is 0.130 e. The van der Waals surface area contributed by atoms with E-state index in [4.69, 9.17) is 0 Å². The van der Waals surface area contributed by atoms with Crippen molar-refractivity contribution in [3.63, 3.8) is 0 Å². The standard InChI is InChI=1S/C15H18F2N2/c1-2-7-19-8-5-15(11-18,6-9-19)13-4-3-12(16)10-14(13)17/h3-4,10H,2,5-9H2,1H3. The fraction of sp³-hybridized carbons (Fsp3) is 0.533. The third-order valence-electron chi connectivity index (χ3n) is 3.91. The molecule has 0 aliphatic carbocycles. The van der Waals surface area contributed by atoms with Crippen LogP contribution in [0.2, 0.25) is 0 Å². The first kappa shape index (κ1) is 14.0. The Morgan fingerprint density at radius 3 is 2.53 bits per heavy atom. The summed E-state index contributed by atoms with van der Waals surface area (Å²) < 4.78 is 26.9. The molecule has 0 atom stereocenters. The smallest absolute Gasteiger partial charge is 0.130 e. The summed E-state index contributed by atoms with van der Waals surface area (Å²) in [5.74, 6) is -1.21. The van der Waals surface area contributed by atoms with E-state index in [-0.39, 0.29) is 0 Å². The SMILES string of the molecule is CCCN1CCC(C#N)(c2ccc(F)cc2F)CC1. The van der Waals surface area contributed by atoms with Crippen LogP contribution in [0.3, 0.4) is 0 Å². The van der Waals surface area contributed by atoms with Crippen LogP contribution < -0.4 is 0 Å². The Bertz CT molecular complexity index is 485. The predicted molar refractivity (Wildman–Crippen MR) is 69.6 cm³/mol. The van der Waals surface area contributed by atoms with Crippen molar-refractivity contribution in [2.24, 2.45) is 0 Å². The third-order valence-corrected chi connectivity index (χ3v) is 3.91. The second-order valence-electron chi connectivity index (χ2n) is 5.16. The largest absolute Gasteiger partial charge is 0.303 e. The van der Waals surface area contributed by atoms with E-state index in [2.05, 4.69) is 17.9 Å². The number of halogens is 2. The van der Waals surface area contributed by atoms with Gasteiger partial charge in [-0.2, -0.15) is 5.26 Å². The van der Waals surface area contributed by atoms with Crippen molar-refractivity contribution >= 4 is 0 Å². The average Bonchev–Trinajstić information content (AvgIpc) is 2.40. The molecule has 0 radical (unpaired) electrons. The summed E-state index contributed by atoms with van der Waals surface area (Å²) in [4.78, 5) is 2.29. The highest BCUT2D eigenvalue weighted by molar-refractivity contribution is 5.34. The van der Waals surface area contributed by atoms with Crippen LogP contribution in [0.4, 0.5) is 8.78 Å². The van der Waals surface area contributed by atoms with Gasteiger partial charge in [-0.3, -0.25) is 0 Å². The van der Waals surface area contributed by atoms with E-state index < -0.39 is 17.0 Å². The Morgan fingerprint density at radius 1 is 1.32 bits per heavy atom. The van der Waals surface area contributed by atoms with Crippen LogP contribution >= 0.6 is 0 Å². The number of hydrogen-bond donors (Lipinski definition) is 0. The van der Waals surface area contributed by atoms with Crippen molar-refractivity contribution < 1.29 is 8.78 Å². The quantitative estimate of drug-likeness (QED) is 0.838. The molecule has 0 amide bonds. The Labute approximate surface area is 112 Å². The number of nitriles is 1. The molecule has 19 heavy (non-hydrogen) atoms. The van der Waals surface area contributed by atoms with E-state index in [1.165, 1.54) is 12.1 Å². The van der Waals surface area contributed by atoms with Crippen LogP contribution in [-0.2, 0) is 5.41 Å². The highest BCUT2D eigenvalue weighted by atomic mass is 19.1. The van der Waals surface area contributed by atoms with Crippen molar-refractivity contribution in [1.29, 1.82) is 5.26 Å². The molecular weight excluding hydrogens is 246 g/mol. The average molecular weight is 264 g/mol. The molecule has 1 heterocycles. The van der Waals surface area contributed by atoms with Gasteiger partial charge in [-0.05, 0) is 45.0 Å². The fourth-order valence-electron chi connectivity index (χ4n) is 2.79. The lowest BCUT2D eigenvalue weighted by Gasteiger charge is -2.37. The molecule has 0 bridgehead atoms. The lowest BCUT2D eigenvalue weighted by molar-refractivity contribution is 0.184. The lowest BCUT2D eigenvalue weighted by atomic mass is 9.74. The molecule has 102 valence electrons. The summed E-state index contributed by atoms with van der Waals surface area (Å²) >= 11 is 0. The van der Waals surface area contributed by atoms with Crippen LogP contribution in [0.25, 0.3) is 0 Å². The molecule has 2 rings (SSSR count). The summed E-state index contributed by atoms with van der Waals surface area (Å²) in [6.07, 6.45) is 2.28. The van der Waals surface area contributed by atoms with Crippen LogP contribution in [0.5, 0.6) is 0 Å². The molecular formula is C15H18F2N2. The molecule has 2 nitrogen and oxygen atoms in total. The topological polar surface area (TPSA) is 27.0 Å². The van der Waals surface area contributed by atoms with E-state index >= 15 is 0 Å². The molecule has 1 aromatic carbocycles. The first-order valence-electron chi connectivity index (χ1n) is 6.70. The first-order chi connectivity index (χ1) is 9.11. The number of hydrogen-bond acceptors (Lipinski definition) is 2. The zero-order valence-electron chi connectivity index (χ0n) is 11.1. The number of nitrogens with zero attached hydrogens (tertiary/aromatic N) is 2. The third kappa shape index (κ3) is 2.76. The van der Waals surface area contributed by atoms with Crippen LogP contribution in [0, 0.1) is 23.0 Å². The van der Waals surface area contributed by atoms with Gasteiger partial charge in [0, 0.05) is 11.6 Å². The van der Waals surface area contributed by atoms with Gasteiger partial charge in [0.1, 0.15) is 11.6 Å². The van der Waals surface area contributed by atoms with Gasteiger partial charge in [0.25, 0.3) is 0 Å². The van der Waals surface area contributed by atoms with Gasteiger partial charge in [-0.25, -0.2) is 8.78 Å². The van der Waals surface area contributed by atoms with Gasteiger partial charge in [-0.1, -0.05) is 13.0 Å². The van der Waals surface area contributed by atoms with E-state index in [0.29, 0.717) is 18.4 Å². The Morgan fingerprint density at radius 2 is 2.00 bits per heavy atom. The summed E-state index contributed by atoms with van der Waals surface area (Å²) in [6.45, 7) is 4.70. The fourth-order valence-corrected chi connectivity index (χ4v) is 2.79. The minimum atomic E-state index is -0.804. The monoisotopic (exact) mass is 264 g/mol. The molecule has 1 aromatic rings. The van der Waals surface area contributed by atoms with Gasteiger partial charge >= 0.3 is 0 Å². The minimum Gasteiger partial charge on any atom is -0.303 e. The maximum atomic E-state index is 13.9. The second-order valence-corrected chi connectivity index (χ2v) is 5.16. The Hall–Kier alpha value is -1.47. The summed E-state index contributed by atoms with van der Waals surface area (Å²) in [5, 5.41) is 9.48. The second kappa shape index (κ2) is 5.66. The molecule has 1 fully saturated rings. The summed E-state index contributed by atoms with van der Waals surface area (Å²) in [6, 6.07) is 5.79. The van der Waals surface area contributed by atoms with Gasteiger partial charge in [-0.15, -0.1) is 0 Å². The number of benzene rings is 1.